The maximum Gasteiger partial charge on any atom is 0.353 e. The van der Waals surface area contributed by atoms with Crippen LogP contribution in [0.3, 0.4) is 0 Å². The Morgan fingerprint density at radius 1 is 1.28 bits per heavy atom. The number of nitrogens with zero attached hydrogens (tertiary/aromatic N) is 1. The fourth-order valence-corrected chi connectivity index (χ4v) is 3.35. The molecule has 2 aromatic rings. The van der Waals surface area contributed by atoms with E-state index in [-0.39, 0.29) is 17.0 Å². The predicted molar refractivity (Wildman–Crippen MR) is 90.2 cm³/mol. The van der Waals surface area contributed by atoms with Gasteiger partial charge in [0.1, 0.15) is 5.92 Å². The maximum atomic E-state index is 15.9. The first-order valence-corrected chi connectivity index (χ1v) is 8.40. The number of hydrogen-bond acceptors (Lipinski definition) is 6. The van der Waals surface area contributed by atoms with E-state index in [1.807, 2.05) is 0 Å². The summed E-state index contributed by atoms with van der Waals surface area (Å²) < 4.78 is 20.7. The lowest BCUT2D eigenvalue weighted by molar-refractivity contribution is -0.485. The molecule has 0 spiro atoms. The van der Waals surface area contributed by atoms with Crippen molar-refractivity contribution in [3.05, 3.63) is 68.4 Å². The monoisotopic (exact) mass is 365 g/mol. The number of hydrogen-bond donors (Lipinski definition) is 0. The third-order valence-corrected chi connectivity index (χ3v) is 4.62. The van der Waals surface area contributed by atoms with Gasteiger partial charge in [0.25, 0.3) is 5.67 Å². The van der Waals surface area contributed by atoms with Gasteiger partial charge in [-0.2, -0.15) is 0 Å². The minimum Gasteiger partial charge on any atom is -0.463 e. The number of ketones is 1. The first kappa shape index (κ1) is 18.7. The Labute approximate surface area is 147 Å². The minimum atomic E-state index is -3.19. The Morgan fingerprint density at radius 3 is 2.48 bits per heavy atom. The third-order valence-electron chi connectivity index (χ3n) is 3.64. The van der Waals surface area contributed by atoms with Crippen LogP contribution in [0, 0.1) is 10.1 Å². The van der Waals surface area contributed by atoms with Gasteiger partial charge in [0.05, 0.1) is 6.61 Å². The molecule has 0 bridgehead atoms. The van der Waals surface area contributed by atoms with Gasteiger partial charge in [-0.25, -0.2) is 9.18 Å². The van der Waals surface area contributed by atoms with Crippen molar-refractivity contribution < 1.29 is 23.6 Å². The number of Topliss-reactive ketones (excluding diaryl/α,β-unsaturated/α-hetero) is 1. The molecule has 0 unspecified atom stereocenters. The largest absolute Gasteiger partial charge is 0.463 e. The molecule has 1 aromatic carbocycles. The highest BCUT2D eigenvalue weighted by Gasteiger charge is 2.57. The highest BCUT2D eigenvalue weighted by atomic mass is 32.1. The van der Waals surface area contributed by atoms with Crippen LogP contribution in [-0.2, 0) is 9.53 Å². The molecule has 0 fully saturated rings. The summed E-state index contributed by atoms with van der Waals surface area (Å²) in [6.45, 7) is 0.412. The Bertz CT molecular complexity index is 750. The third kappa shape index (κ3) is 3.90. The van der Waals surface area contributed by atoms with Crippen LogP contribution < -0.4 is 0 Å². The lowest BCUT2D eigenvalue weighted by Crippen LogP contribution is -2.50. The van der Waals surface area contributed by atoms with Crippen LogP contribution in [0.1, 0.15) is 28.1 Å². The van der Waals surface area contributed by atoms with Crippen molar-refractivity contribution >= 4 is 23.1 Å². The van der Waals surface area contributed by atoms with Crippen molar-refractivity contribution in [2.45, 2.75) is 18.5 Å². The highest BCUT2D eigenvalue weighted by molar-refractivity contribution is 7.10. The molecule has 0 saturated carbocycles. The first-order chi connectivity index (χ1) is 11.9. The molecule has 0 saturated heterocycles. The molecule has 0 N–H and O–H groups in total. The number of ether oxygens (including phenoxy) is 1. The smallest absolute Gasteiger partial charge is 0.353 e. The summed E-state index contributed by atoms with van der Waals surface area (Å²) in [5, 5.41) is 12.7. The van der Waals surface area contributed by atoms with E-state index in [4.69, 9.17) is 4.74 Å². The molecule has 6 nitrogen and oxygen atoms in total. The second kappa shape index (κ2) is 7.98. The molecule has 8 heteroatoms. The second-order valence-electron chi connectivity index (χ2n) is 5.21. The Hall–Kier alpha value is -2.61. The molecule has 132 valence electrons. The van der Waals surface area contributed by atoms with E-state index in [1.54, 1.807) is 17.5 Å². The van der Waals surface area contributed by atoms with Crippen LogP contribution in [0.4, 0.5) is 4.39 Å². The molecule has 0 aliphatic carbocycles. The topological polar surface area (TPSA) is 86.5 Å². The van der Waals surface area contributed by atoms with Crippen molar-refractivity contribution in [1.82, 2.24) is 0 Å². The molecule has 25 heavy (non-hydrogen) atoms. The Balaban J connectivity index is 2.57. The number of thiophene rings is 1. The molecular formula is C17H16FNO5S. The molecule has 0 amide bonds. The normalized spacial score (nSPS) is 14.3. The van der Waals surface area contributed by atoms with Crippen molar-refractivity contribution in [1.29, 1.82) is 0 Å². The average Bonchev–Trinajstić information content (AvgIpc) is 3.13. The standard InChI is InChI=1S/C17H16FNO5S/c1-2-24-16(21)17(18,15(20)12-7-4-3-5-8-12)13(11-19(22)23)14-9-6-10-25-14/h3-10,13H,2,11H2,1H3/t13-,17+/m0/s1. The van der Waals surface area contributed by atoms with Gasteiger partial charge in [-0.05, 0) is 18.4 Å². The lowest BCUT2D eigenvalue weighted by Gasteiger charge is -2.27. The summed E-state index contributed by atoms with van der Waals surface area (Å²) in [6.07, 6.45) is 0. The molecule has 1 heterocycles. The van der Waals surface area contributed by atoms with Gasteiger partial charge in [0, 0.05) is 15.4 Å². The zero-order chi connectivity index (χ0) is 18.4. The summed E-state index contributed by atoms with van der Waals surface area (Å²) in [5.74, 6) is -4.13. The molecule has 0 aliphatic heterocycles. The van der Waals surface area contributed by atoms with Gasteiger partial charge in [0.2, 0.25) is 12.3 Å². The summed E-state index contributed by atoms with van der Waals surface area (Å²) in [6, 6.07) is 10.4. The SMILES string of the molecule is CCOC(=O)[C@](F)(C(=O)c1ccccc1)[C@@H](C[N+](=O)[O-])c1cccs1. The average molecular weight is 365 g/mol. The summed E-state index contributed by atoms with van der Waals surface area (Å²) in [5.41, 5.74) is -3.24. The van der Waals surface area contributed by atoms with Crippen LogP contribution >= 0.6 is 11.3 Å². The van der Waals surface area contributed by atoms with E-state index in [0.717, 1.165) is 11.3 Å². The van der Waals surface area contributed by atoms with Crippen molar-refractivity contribution in [3.8, 4) is 0 Å². The van der Waals surface area contributed by atoms with E-state index < -0.39 is 34.8 Å². The van der Waals surface area contributed by atoms with Gasteiger partial charge in [-0.1, -0.05) is 36.4 Å². The Morgan fingerprint density at radius 2 is 1.96 bits per heavy atom. The highest BCUT2D eigenvalue weighted by Crippen LogP contribution is 2.38. The number of nitro groups is 1. The number of esters is 1. The summed E-state index contributed by atoms with van der Waals surface area (Å²) >= 11 is 1.04. The Kier molecular flexibility index (Phi) is 5.97. The van der Waals surface area contributed by atoms with E-state index in [0.29, 0.717) is 0 Å². The second-order valence-corrected chi connectivity index (χ2v) is 6.19. The van der Waals surface area contributed by atoms with E-state index >= 15 is 4.39 Å². The van der Waals surface area contributed by atoms with Crippen molar-refractivity contribution in [2.75, 3.05) is 13.2 Å². The number of rotatable bonds is 8. The molecule has 1 aromatic heterocycles. The first-order valence-electron chi connectivity index (χ1n) is 7.52. The molecule has 0 radical (unpaired) electrons. The van der Waals surface area contributed by atoms with Crippen LogP contribution in [-0.4, -0.2) is 35.5 Å². The zero-order valence-corrected chi connectivity index (χ0v) is 14.2. The quantitative estimate of drug-likeness (QED) is 0.236. The molecule has 2 rings (SSSR count). The van der Waals surface area contributed by atoms with E-state index in [1.165, 1.54) is 37.3 Å². The van der Waals surface area contributed by atoms with E-state index in [9.17, 15) is 19.7 Å². The van der Waals surface area contributed by atoms with Crippen LogP contribution in [0.2, 0.25) is 0 Å². The summed E-state index contributed by atoms with van der Waals surface area (Å²) in [7, 11) is 0. The van der Waals surface area contributed by atoms with Gasteiger partial charge < -0.3 is 4.74 Å². The van der Waals surface area contributed by atoms with Gasteiger partial charge in [-0.3, -0.25) is 14.9 Å². The number of carbonyl (C=O) groups is 2. The number of benzene rings is 1. The van der Waals surface area contributed by atoms with Crippen molar-refractivity contribution in [3.63, 3.8) is 0 Å². The molecule has 2 atom stereocenters. The zero-order valence-electron chi connectivity index (χ0n) is 13.4. The van der Waals surface area contributed by atoms with Crippen molar-refractivity contribution in [2.24, 2.45) is 0 Å². The predicted octanol–water partition coefficient (Wildman–Crippen LogP) is 3.26. The number of alkyl halides is 1. The van der Waals surface area contributed by atoms with Crippen LogP contribution in [0.15, 0.2) is 47.8 Å². The minimum absolute atomic E-state index is 0.0528. The molecule has 0 aliphatic rings. The van der Waals surface area contributed by atoms with Gasteiger partial charge in [0.15, 0.2) is 0 Å². The van der Waals surface area contributed by atoms with E-state index in [2.05, 4.69) is 0 Å². The summed E-state index contributed by atoms with van der Waals surface area (Å²) in [4.78, 5) is 35.7. The fraction of sp³-hybridized carbons (Fsp3) is 0.294. The number of carbonyl (C=O) groups excluding carboxylic acids is 2. The van der Waals surface area contributed by atoms with Crippen LogP contribution in [0.5, 0.6) is 0 Å². The molecular weight excluding hydrogens is 349 g/mol. The van der Waals surface area contributed by atoms with Crippen LogP contribution in [0.25, 0.3) is 0 Å². The van der Waals surface area contributed by atoms with Gasteiger partial charge in [-0.15, -0.1) is 11.3 Å². The maximum absolute atomic E-state index is 15.9. The van der Waals surface area contributed by atoms with Gasteiger partial charge >= 0.3 is 5.97 Å². The lowest BCUT2D eigenvalue weighted by atomic mass is 9.81. The fourth-order valence-electron chi connectivity index (χ4n) is 2.48. The number of halogens is 1.